The molecule has 2 rings (SSSR count). The Morgan fingerprint density at radius 2 is 1.82 bits per heavy atom. The zero-order chi connectivity index (χ0) is 20.9. The zero-order valence-electron chi connectivity index (χ0n) is 18.9. The van der Waals surface area contributed by atoms with E-state index in [2.05, 4.69) is 82.7 Å². The molecule has 1 aliphatic heterocycles. The lowest BCUT2D eigenvalue weighted by molar-refractivity contribution is 0.416. The first-order valence-electron chi connectivity index (χ1n) is 10.7. The van der Waals surface area contributed by atoms with Crippen molar-refractivity contribution in [2.75, 3.05) is 0 Å². The summed E-state index contributed by atoms with van der Waals surface area (Å²) >= 11 is 0. The second kappa shape index (κ2) is 9.41. The van der Waals surface area contributed by atoms with Gasteiger partial charge in [0, 0.05) is 17.3 Å². The Balaban J connectivity index is 2.48. The summed E-state index contributed by atoms with van der Waals surface area (Å²) in [6.45, 7) is 19.7. The van der Waals surface area contributed by atoms with Gasteiger partial charge in [-0.25, -0.2) is 0 Å². The van der Waals surface area contributed by atoms with E-state index in [9.17, 15) is 0 Å². The minimum absolute atomic E-state index is 0.0893. The summed E-state index contributed by atoms with van der Waals surface area (Å²) < 4.78 is 0. The van der Waals surface area contributed by atoms with Crippen LogP contribution in [0.15, 0.2) is 58.4 Å². The van der Waals surface area contributed by atoms with Gasteiger partial charge in [-0.15, -0.1) is 0 Å². The Labute approximate surface area is 172 Å². The lowest BCUT2D eigenvalue weighted by Crippen LogP contribution is -2.29. The summed E-state index contributed by atoms with van der Waals surface area (Å²) in [6.07, 6.45) is 8.77. The number of hydrogen-bond acceptors (Lipinski definition) is 2. The molecule has 152 valence electrons. The van der Waals surface area contributed by atoms with Crippen molar-refractivity contribution < 1.29 is 0 Å². The molecule has 1 unspecified atom stereocenters. The van der Waals surface area contributed by atoms with Crippen molar-refractivity contribution in [3.05, 3.63) is 70.1 Å². The van der Waals surface area contributed by atoms with E-state index in [1.807, 2.05) is 13.1 Å². The Kier molecular flexibility index (Phi) is 7.46. The van der Waals surface area contributed by atoms with Crippen molar-refractivity contribution in [3.8, 4) is 0 Å². The average molecular weight is 379 g/mol. The van der Waals surface area contributed by atoms with E-state index in [-0.39, 0.29) is 11.5 Å². The van der Waals surface area contributed by atoms with Gasteiger partial charge < -0.3 is 5.32 Å². The number of nitrogens with zero attached hydrogens (tertiary/aromatic N) is 1. The highest BCUT2D eigenvalue weighted by Gasteiger charge is 2.33. The highest BCUT2D eigenvalue weighted by molar-refractivity contribution is 5.58. The average Bonchev–Trinajstić information content (AvgIpc) is 2.65. The molecule has 1 aromatic rings. The molecule has 2 heteroatoms. The standard InChI is InChI=1S/C26H38N2/c1-9-14-26(15-10-2,18(4)5)23-13-12-22(16-19(23)6)25-17-24(27-11-3)20(7)21(8)28-25/h11-13,16-17,25,28H,4,9-10,14-15H2,1-3,5-8H3. The molecule has 0 radical (unpaired) electrons. The van der Waals surface area contributed by atoms with Crippen LogP contribution in [-0.2, 0) is 5.41 Å². The quantitative estimate of drug-likeness (QED) is 0.372. The molecule has 2 nitrogen and oxygen atoms in total. The predicted molar refractivity (Wildman–Crippen MR) is 124 cm³/mol. The SMILES string of the molecule is C=C(C)C(CCC)(CCC)c1ccc(C2C=C(N=CC)C(C)=C(C)N2)cc1C. The first kappa shape index (κ1) is 22.2. The van der Waals surface area contributed by atoms with Crippen LogP contribution in [0.2, 0.25) is 0 Å². The molecule has 1 N–H and O–H groups in total. The number of hydrogen-bond donors (Lipinski definition) is 1. The Morgan fingerprint density at radius 3 is 2.32 bits per heavy atom. The van der Waals surface area contributed by atoms with E-state index in [1.165, 1.54) is 46.4 Å². The fourth-order valence-electron chi connectivity index (χ4n) is 4.64. The molecule has 1 atom stereocenters. The van der Waals surface area contributed by atoms with Crippen molar-refractivity contribution in [1.82, 2.24) is 5.32 Å². The van der Waals surface area contributed by atoms with Crippen LogP contribution < -0.4 is 5.32 Å². The third kappa shape index (κ3) is 4.32. The number of dihydropyridines is 1. The van der Waals surface area contributed by atoms with Crippen molar-refractivity contribution in [3.63, 3.8) is 0 Å². The van der Waals surface area contributed by atoms with Crippen molar-refractivity contribution in [2.24, 2.45) is 4.99 Å². The normalized spacial score (nSPS) is 17.7. The maximum atomic E-state index is 4.57. The lowest BCUT2D eigenvalue weighted by atomic mass is 9.67. The molecule has 0 spiro atoms. The molecule has 0 bridgehead atoms. The topological polar surface area (TPSA) is 24.4 Å². The summed E-state index contributed by atoms with van der Waals surface area (Å²) in [4.78, 5) is 4.57. The van der Waals surface area contributed by atoms with E-state index < -0.39 is 0 Å². The van der Waals surface area contributed by atoms with Crippen LogP contribution >= 0.6 is 0 Å². The Morgan fingerprint density at radius 1 is 1.18 bits per heavy atom. The molecule has 1 aromatic carbocycles. The lowest BCUT2D eigenvalue weighted by Gasteiger charge is -2.37. The van der Waals surface area contributed by atoms with Crippen LogP contribution in [0, 0.1) is 6.92 Å². The first-order valence-corrected chi connectivity index (χ1v) is 10.7. The monoisotopic (exact) mass is 378 g/mol. The smallest absolute Gasteiger partial charge is 0.0718 e. The van der Waals surface area contributed by atoms with E-state index in [4.69, 9.17) is 0 Å². The highest BCUT2D eigenvalue weighted by Crippen LogP contribution is 2.42. The second-order valence-electron chi connectivity index (χ2n) is 8.25. The predicted octanol–water partition coefficient (Wildman–Crippen LogP) is 7.32. The van der Waals surface area contributed by atoms with Crippen LogP contribution in [0.3, 0.4) is 0 Å². The Bertz CT molecular complexity index is 802. The molecule has 1 heterocycles. The third-order valence-electron chi connectivity index (χ3n) is 6.21. The van der Waals surface area contributed by atoms with Gasteiger partial charge in [0.1, 0.15) is 0 Å². The number of benzene rings is 1. The highest BCUT2D eigenvalue weighted by atomic mass is 14.9. The number of aryl methyl sites for hydroxylation is 1. The summed E-state index contributed by atoms with van der Waals surface area (Å²) in [5.41, 5.74) is 8.96. The largest absolute Gasteiger partial charge is 0.378 e. The summed E-state index contributed by atoms with van der Waals surface area (Å²) in [5, 5.41) is 3.64. The number of aliphatic imine (C=N–C) groups is 1. The van der Waals surface area contributed by atoms with Crippen molar-refractivity contribution in [2.45, 2.75) is 85.6 Å². The molecule has 28 heavy (non-hydrogen) atoms. The summed E-state index contributed by atoms with van der Waals surface area (Å²) in [7, 11) is 0. The van der Waals surface area contributed by atoms with Gasteiger partial charge in [0.05, 0.1) is 11.7 Å². The van der Waals surface area contributed by atoms with Gasteiger partial charge in [-0.05, 0) is 75.8 Å². The van der Waals surface area contributed by atoms with E-state index in [1.54, 1.807) is 0 Å². The van der Waals surface area contributed by atoms with Crippen molar-refractivity contribution in [1.29, 1.82) is 0 Å². The van der Waals surface area contributed by atoms with Crippen LogP contribution in [0.25, 0.3) is 0 Å². The van der Waals surface area contributed by atoms with E-state index >= 15 is 0 Å². The van der Waals surface area contributed by atoms with Crippen LogP contribution in [0.5, 0.6) is 0 Å². The van der Waals surface area contributed by atoms with Gasteiger partial charge in [0.15, 0.2) is 0 Å². The van der Waals surface area contributed by atoms with Crippen LogP contribution in [0.4, 0.5) is 0 Å². The fraction of sp³-hybridized carbons (Fsp3) is 0.500. The second-order valence-corrected chi connectivity index (χ2v) is 8.25. The van der Waals surface area contributed by atoms with E-state index in [0.29, 0.717) is 0 Å². The van der Waals surface area contributed by atoms with Gasteiger partial charge in [0.2, 0.25) is 0 Å². The minimum Gasteiger partial charge on any atom is -0.378 e. The van der Waals surface area contributed by atoms with Gasteiger partial charge in [0.25, 0.3) is 0 Å². The Hall–Kier alpha value is -2.09. The number of allylic oxidation sites excluding steroid dienone is 3. The molecule has 0 fully saturated rings. The van der Waals surface area contributed by atoms with Gasteiger partial charge in [-0.2, -0.15) is 0 Å². The summed E-state index contributed by atoms with van der Waals surface area (Å²) in [6, 6.07) is 7.16. The zero-order valence-corrected chi connectivity index (χ0v) is 18.9. The minimum atomic E-state index is 0.0893. The molecule has 0 saturated carbocycles. The number of nitrogens with one attached hydrogen (secondary N) is 1. The third-order valence-corrected chi connectivity index (χ3v) is 6.21. The van der Waals surface area contributed by atoms with Crippen LogP contribution in [-0.4, -0.2) is 6.21 Å². The fourth-order valence-corrected chi connectivity index (χ4v) is 4.64. The van der Waals surface area contributed by atoms with Gasteiger partial charge in [-0.3, -0.25) is 4.99 Å². The number of rotatable bonds is 8. The maximum Gasteiger partial charge on any atom is 0.0718 e. The molecule has 0 saturated heterocycles. The maximum absolute atomic E-state index is 4.57. The summed E-state index contributed by atoms with van der Waals surface area (Å²) in [5.74, 6) is 0. The van der Waals surface area contributed by atoms with Gasteiger partial charge >= 0.3 is 0 Å². The molecule has 0 aromatic heterocycles. The van der Waals surface area contributed by atoms with Crippen LogP contribution in [0.1, 0.15) is 90.0 Å². The first-order chi connectivity index (χ1) is 13.3. The molecular weight excluding hydrogens is 340 g/mol. The van der Waals surface area contributed by atoms with Crippen molar-refractivity contribution >= 4 is 6.21 Å². The molecule has 1 aliphatic rings. The molecule has 0 amide bonds. The molecular formula is C26H38N2. The van der Waals surface area contributed by atoms with Gasteiger partial charge in [-0.1, -0.05) is 57.0 Å². The molecule has 0 aliphatic carbocycles. The van der Waals surface area contributed by atoms with E-state index in [0.717, 1.165) is 18.5 Å².